The molecular weight excluding hydrogens is 276 g/mol. The second-order valence-corrected chi connectivity index (χ2v) is 4.70. The minimum absolute atomic E-state index is 0. The molecular formula is C23H44. The Labute approximate surface area is 148 Å². The average molecular weight is 321 g/mol. The van der Waals surface area contributed by atoms with Crippen LogP contribution in [0.2, 0.25) is 0 Å². The van der Waals surface area contributed by atoms with Gasteiger partial charge in [0, 0.05) is 11.8 Å². The van der Waals surface area contributed by atoms with E-state index in [1.165, 1.54) is 24.0 Å². The van der Waals surface area contributed by atoms with Crippen molar-refractivity contribution in [1.82, 2.24) is 0 Å². The molecule has 2 unspecified atom stereocenters. The van der Waals surface area contributed by atoms with E-state index < -0.39 is 0 Å². The standard InChI is InChI=1S/C14H16.4C2H6.CH4/c1-9-3-4-10(2)14-12-7-5-11(6-8-12)13(9)14;4*1-2;/h3-5,7,11-12H,6,8H2,1-2H3;4*1-2H3;1H4. The number of allylic oxidation sites excluding steroid dienone is 2. The van der Waals surface area contributed by atoms with Gasteiger partial charge in [0.05, 0.1) is 0 Å². The highest BCUT2D eigenvalue weighted by Gasteiger charge is 2.30. The van der Waals surface area contributed by atoms with Gasteiger partial charge >= 0.3 is 0 Å². The Morgan fingerprint density at radius 1 is 0.609 bits per heavy atom. The van der Waals surface area contributed by atoms with Crippen LogP contribution in [-0.2, 0) is 0 Å². The van der Waals surface area contributed by atoms with E-state index in [2.05, 4.69) is 38.1 Å². The maximum atomic E-state index is 2.42. The molecule has 1 aromatic carbocycles. The van der Waals surface area contributed by atoms with Crippen molar-refractivity contribution in [3.05, 3.63) is 46.5 Å². The van der Waals surface area contributed by atoms with Crippen molar-refractivity contribution < 1.29 is 0 Å². The summed E-state index contributed by atoms with van der Waals surface area (Å²) in [5, 5.41) is 0. The molecule has 0 aromatic heterocycles. The average Bonchev–Trinajstić information content (AvgIpc) is 2.65. The van der Waals surface area contributed by atoms with Crippen molar-refractivity contribution in [3.63, 3.8) is 0 Å². The Balaban J connectivity index is -0.000000394. The Hall–Kier alpha value is -1.04. The van der Waals surface area contributed by atoms with Gasteiger partial charge in [-0.1, -0.05) is 87.1 Å². The summed E-state index contributed by atoms with van der Waals surface area (Å²) in [6.45, 7) is 20.5. The zero-order valence-electron chi connectivity index (χ0n) is 16.9. The summed E-state index contributed by atoms with van der Waals surface area (Å²) in [5.41, 5.74) is 6.27. The van der Waals surface area contributed by atoms with Crippen molar-refractivity contribution in [1.29, 1.82) is 0 Å². The molecule has 0 aliphatic heterocycles. The second-order valence-electron chi connectivity index (χ2n) is 4.70. The fraction of sp³-hybridized carbons (Fsp3) is 0.652. The van der Waals surface area contributed by atoms with E-state index in [1.807, 2.05) is 55.4 Å². The maximum absolute atomic E-state index is 2.42. The molecule has 0 saturated heterocycles. The number of benzene rings is 1. The minimum atomic E-state index is 0. The molecule has 0 amide bonds. The zero-order valence-corrected chi connectivity index (χ0v) is 16.9. The lowest BCUT2D eigenvalue weighted by Crippen LogP contribution is -2.19. The molecule has 23 heavy (non-hydrogen) atoms. The highest BCUT2D eigenvalue weighted by Crippen LogP contribution is 2.47. The third-order valence-corrected chi connectivity index (χ3v) is 3.83. The van der Waals surface area contributed by atoms with E-state index in [9.17, 15) is 0 Å². The number of aryl methyl sites for hydroxylation is 2. The van der Waals surface area contributed by atoms with Crippen molar-refractivity contribution in [2.75, 3.05) is 0 Å². The largest absolute Gasteiger partial charge is 0.0804 e. The van der Waals surface area contributed by atoms with Crippen molar-refractivity contribution in [3.8, 4) is 0 Å². The molecule has 136 valence electrons. The highest BCUT2D eigenvalue weighted by molar-refractivity contribution is 5.51. The molecule has 0 heteroatoms. The third-order valence-electron chi connectivity index (χ3n) is 3.83. The van der Waals surface area contributed by atoms with Crippen LogP contribution in [-0.4, -0.2) is 0 Å². The molecule has 0 spiro atoms. The quantitative estimate of drug-likeness (QED) is 0.420. The van der Waals surface area contributed by atoms with Gasteiger partial charge in [0.2, 0.25) is 0 Å². The smallest absolute Gasteiger partial charge is 0.00241 e. The first-order valence-electron chi connectivity index (χ1n) is 9.55. The lowest BCUT2D eigenvalue weighted by atomic mass is 9.69. The third kappa shape index (κ3) is 6.53. The van der Waals surface area contributed by atoms with Gasteiger partial charge in [-0.25, -0.2) is 0 Å². The Kier molecular flexibility index (Phi) is 18.5. The van der Waals surface area contributed by atoms with Gasteiger partial charge in [0.1, 0.15) is 0 Å². The van der Waals surface area contributed by atoms with Gasteiger partial charge in [0.15, 0.2) is 0 Å². The van der Waals surface area contributed by atoms with Gasteiger partial charge in [0.25, 0.3) is 0 Å². The summed E-state index contributed by atoms with van der Waals surface area (Å²) in [6, 6.07) is 4.56. The number of hydrogen-bond donors (Lipinski definition) is 0. The fourth-order valence-corrected chi connectivity index (χ4v) is 3.14. The SMILES string of the molecule is C.CC.CC.CC.CC.Cc1ccc(C)c2c1C1C=CC2CC1. The monoisotopic (exact) mass is 320 g/mol. The van der Waals surface area contributed by atoms with Crippen LogP contribution in [0.1, 0.15) is 110 Å². The molecule has 1 aromatic rings. The molecule has 3 aliphatic rings. The van der Waals surface area contributed by atoms with Crippen molar-refractivity contribution >= 4 is 0 Å². The minimum Gasteiger partial charge on any atom is -0.0804 e. The van der Waals surface area contributed by atoms with Crippen LogP contribution in [0.25, 0.3) is 0 Å². The first-order valence-corrected chi connectivity index (χ1v) is 9.55. The summed E-state index contributed by atoms with van der Waals surface area (Å²) >= 11 is 0. The lowest BCUT2D eigenvalue weighted by molar-refractivity contribution is 0.548. The maximum Gasteiger partial charge on any atom is 0.00241 e. The van der Waals surface area contributed by atoms with Crippen LogP contribution in [0.15, 0.2) is 24.3 Å². The molecule has 3 aliphatic carbocycles. The van der Waals surface area contributed by atoms with Crippen molar-refractivity contribution in [2.24, 2.45) is 0 Å². The van der Waals surface area contributed by atoms with Gasteiger partial charge in [-0.3, -0.25) is 0 Å². The number of fused-ring (bicyclic) bond motifs is 1. The summed E-state index contributed by atoms with van der Waals surface area (Å²) in [7, 11) is 0. The summed E-state index contributed by atoms with van der Waals surface area (Å²) in [4.78, 5) is 0. The van der Waals surface area contributed by atoms with Crippen LogP contribution in [0.3, 0.4) is 0 Å². The van der Waals surface area contributed by atoms with E-state index in [4.69, 9.17) is 0 Å². The molecule has 0 nitrogen and oxygen atoms in total. The normalized spacial score (nSPS) is 18.0. The van der Waals surface area contributed by atoms with Crippen LogP contribution in [0.5, 0.6) is 0 Å². The van der Waals surface area contributed by atoms with Crippen LogP contribution in [0.4, 0.5) is 0 Å². The zero-order chi connectivity index (χ0) is 17.7. The molecule has 2 atom stereocenters. The molecule has 0 saturated carbocycles. The first-order chi connectivity index (χ1) is 10.8. The topological polar surface area (TPSA) is 0 Å². The predicted octanol–water partition coefficient (Wildman–Crippen LogP) is 8.58. The lowest BCUT2D eigenvalue weighted by Gasteiger charge is -2.36. The summed E-state index contributed by atoms with van der Waals surface area (Å²) in [5.74, 6) is 1.43. The Morgan fingerprint density at radius 3 is 1.09 bits per heavy atom. The van der Waals surface area contributed by atoms with Crippen molar-refractivity contribution in [2.45, 2.75) is 101 Å². The number of rotatable bonds is 0. The van der Waals surface area contributed by atoms with E-state index in [-0.39, 0.29) is 7.43 Å². The van der Waals surface area contributed by atoms with Gasteiger partial charge in [-0.2, -0.15) is 0 Å². The molecule has 0 fully saturated rings. The van der Waals surface area contributed by atoms with Gasteiger partial charge in [-0.15, -0.1) is 0 Å². The van der Waals surface area contributed by atoms with E-state index in [1.54, 1.807) is 11.1 Å². The molecule has 0 N–H and O–H groups in total. The van der Waals surface area contributed by atoms with E-state index >= 15 is 0 Å². The second kappa shape index (κ2) is 15.8. The molecule has 2 bridgehead atoms. The van der Waals surface area contributed by atoms with Crippen LogP contribution >= 0.6 is 0 Å². The highest BCUT2D eigenvalue weighted by atomic mass is 14.3. The molecule has 0 radical (unpaired) electrons. The van der Waals surface area contributed by atoms with E-state index in [0.29, 0.717) is 0 Å². The summed E-state index contributed by atoms with van der Waals surface area (Å²) in [6.07, 6.45) is 7.56. The van der Waals surface area contributed by atoms with Gasteiger partial charge in [-0.05, 0) is 48.9 Å². The van der Waals surface area contributed by atoms with Gasteiger partial charge < -0.3 is 0 Å². The first kappa shape index (κ1) is 26.8. The van der Waals surface area contributed by atoms with Crippen LogP contribution in [0, 0.1) is 13.8 Å². The van der Waals surface area contributed by atoms with E-state index in [0.717, 1.165) is 11.8 Å². The Bertz CT molecular complexity index is 373. The molecule has 0 heterocycles. The number of hydrogen-bond acceptors (Lipinski definition) is 0. The predicted molar refractivity (Wildman–Crippen MR) is 112 cm³/mol. The van der Waals surface area contributed by atoms with Crippen LogP contribution < -0.4 is 0 Å². The molecule has 4 rings (SSSR count). The fourth-order valence-electron chi connectivity index (χ4n) is 3.14. The Morgan fingerprint density at radius 2 is 0.870 bits per heavy atom. The summed E-state index contributed by atoms with van der Waals surface area (Å²) < 4.78 is 0.